The van der Waals surface area contributed by atoms with Crippen LogP contribution in [0, 0.1) is 5.95 Å². The maximum absolute atomic E-state index is 12.8. The largest absolute Gasteiger partial charge is 0.573 e. The van der Waals surface area contributed by atoms with E-state index in [9.17, 15) is 31.1 Å². The Morgan fingerprint density at radius 2 is 2.00 bits per heavy atom. The zero-order valence-corrected chi connectivity index (χ0v) is 8.84. The molecule has 0 unspecified atom stereocenters. The number of carbonyl (C=O) groups is 1. The summed E-state index contributed by atoms with van der Waals surface area (Å²) in [5.74, 6) is -4.68. The number of hydrogen-bond acceptors (Lipinski definition) is 3. The SMILES string of the molecule is O=C(O)Cc1c(OC(F)(F)F)cc(F)nc1C(F)F. The summed E-state index contributed by atoms with van der Waals surface area (Å²) in [6.07, 6.45) is -9.93. The van der Waals surface area contributed by atoms with Crippen molar-refractivity contribution >= 4 is 5.97 Å². The van der Waals surface area contributed by atoms with E-state index in [1.54, 1.807) is 0 Å². The van der Waals surface area contributed by atoms with Crippen molar-refractivity contribution < 1.29 is 41.0 Å². The number of aliphatic carboxylic acids is 1. The maximum Gasteiger partial charge on any atom is 0.573 e. The number of aromatic nitrogens is 1. The van der Waals surface area contributed by atoms with Gasteiger partial charge in [-0.1, -0.05) is 0 Å². The molecule has 1 aromatic heterocycles. The van der Waals surface area contributed by atoms with E-state index < -0.39 is 48.1 Å². The standard InChI is InChI=1S/C9H5F6NO3/c10-5-2-4(19-9(13,14)15)3(1-6(17)18)7(16-5)8(11)12/h2,8H,1H2,(H,17,18). The van der Waals surface area contributed by atoms with Crippen LogP contribution in [-0.2, 0) is 11.2 Å². The highest BCUT2D eigenvalue weighted by Gasteiger charge is 2.34. The third-order valence-electron chi connectivity index (χ3n) is 1.84. The average Bonchev–Trinajstić information content (AvgIpc) is 2.18. The molecule has 1 aromatic rings. The Bertz CT molecular complexity index is 488. The van der Waals surface area contributed by atoms with Crippen LogP contribution in [0.3, 0.4) is 0 Å². The first-order chi connectivity index (χ1) is 8.60. The lowest BCUT2D eigenvalue weighted by Crippen LogP contribution is -2.20. The van der Waals surface area contributed by atoms with E-state index in [-0.39, 0.29) is 6.07 Å². The monoisotopic (exact) mass is 289 g/mol. The number of nitrogens with zero attached hydrogens (tertiary/aromatic N) is 1. The number of ether oxygens (including phenoxy) is 1. The molecule has 1 N–H and O–H groups in total. The highest BCUT2D eigenvalue weighted by atomic mass is 19.4. The number of pyridine rings is 1. The summed E-state index contributed by atoms with van der Waals surface area (Å²) in [7, 11) is 0. The lowest BCUT2D eigenvalue weighted by molar-refractivity contribution is -0.275. The van der Waals surface area contributed by atoms with Crippen LogP contribution in [-0.4, -0.2) is 22.4 Å². The van der Waals surface area contributed by atoms with Crippen LogP contribution >= 0.6 is 0 Å². The van der Waals surface area contributed by atoms with Gasteiger partial charge in [0, 0.05) is 11.6 Å². The number of carboxylic acid groups (broad SMARTS) is 1. The Morgan fingerprint density at radius 3 is 2.42 bits per heavy atom. The second-order valence-corrected chi connectivity index (χ2v) is 3.23. The van der Waals surface area contributed by atoms with Crippen molar-refractivity contribution in [3.63, 3.8) is 0 Å². The second kappa shape index (κ2) is 5.33. The van der Waals surface area contributed by atoms with Crippen LogP contribution in [0.15, 0.2) is 6.07 Å². The fourth-order valence-corrected chi connectivity index (χ4v) is 1.26. The molecule has 10 heteroatoms. The van der Waals surface area contributed by atoms with E-state index >= 15 is 0 Å². The number of rotatable bonds is 4. The van der Waals surface area contributed by atoms with Crippen molar-refractivity contribution in [2.24, 2.45) is 0 Å². The van der Waals surface area contributed by atoms with Gasteiger partial charge >= 0.3 is 12.3 Å². The molecular weight excluding hydrogens is 284 g/mol. The topological polar surface area (TPSA) is 59.4 Å². The minimum atomic E-state index is -5.28. The third-order valence-corrected chi connectivity index (χ3v) is 1.84. The molecule has 0 aliphatic rings. The van der Waals surface area contributed by atoms with Crippen LogP contribution in [0.25, 0.3) is 0 Å². The first-order valence-electron chi connectivity index (χ1n) is 4.55. The van der Waals surface area contributed by atoms with Gasteiger partial charge in [0.25, 0.3) is 6.43 Å². The molecule has 0 saturated heterocycles. The molecule has 1 heterocycles. The molecule has 0 aliphatic carbocycles. The Balaban J connectivity index is 3.37. The summed E-state index contributed by atoms with van der Waals surface area (Å²) in [5.41, 5.74) is -2.43. The second-order valence-electron chi connectivity index (χ2n) is 3.23. The lowest BCUT2D eigenvalue weighted by Gasteiger charge is -2.15. The first kappa shape index (κ1) is 15.1. The predicted molar refractivity (Wildman–Crippen MR) is 47.2 cm³/mol. The van der Waals surface area contributed by atoms with E-state index in [1.165, 1.54) is 0 Å². The normalized spacial score (nSPS) is 11.7. The Labute approximate surface area is 101 Å². The minimum absolute atomic E-state index is 0.0949. The molecule has 0 spiro atoms. The molecule has 0 radical (unpaired) electrons. The van der Waals surface area contributed by atoms with Crippen LogP contribution in [0.4, 0.5) is 26.3 Å². The van der Waals surface area contributed by atoms with E-state index in [0.717, 1.165) is 0 Å². The number of hydrogen-bond donors (Lipinski definition) is 1. The smallest absolute Gasteiger partial charge is 0.481 e. The zero-order valence-electron chi connectivity index (χ0n) is 8.84. The molecule has 1 rings (SSSR count). The Kier molecular flexibility index (Phi) is 4.22. The van der Waals surface area contributed by atoms with Crippen molar-refractivity contribution in [2.45, 2.75) is 19.2 Å². The van der Waals surface area contributed by atoms with Gasteiger partial charge in [0.1, 0.15) is 11.4 Å². The van der Waals surface area contributed by atoms with Gasteiger partial charge in [-0.3, -0.25) is 4.79 Å². The van der Waals surface area contributed by atoms with Crippen molar-refractivity contribution in [1.82, 2.24) is 4.98 Å². The molecule has 0 bridgehead atoms. The molecule has 19 heavy (non-hydrogen) atoms. The Hall–Kier alpha value is -2.00. The van der Waals surface area contributed by atoms with E-state index in [1.807, 2.05) is 0 Å². The van der Waals surface area contributed by atoms with Crippen LogP contribution in [0.5, 0.6) is 5.75 Å². The van der Waals surface area contributed by atoms with Gasteiger partial charge in [-0.2, -0.15) is 4.39 Å². The molecule has 106 valence electrons. The number of halogens is 6. The van der Waals surface area contributed by atoms with E-state index in [2.05, 4.69) is 9.72 Å². The average molecular weight is 289 g/mol. The molecular formula is C9H5F6NO3. The summed E-state index contributed by atoms with van der Waals surface area (Å²) in [4.78, 5) is 13.1. The van der Waals surface area contributed by atoms with Gasteiger partial charge in [0.2, 0.25) is 5.95 Å². The van der Waals surface area contributed by atoms with Gasteiger partial charge in [-0.15, -0.1) is 13.2 Å². The molecule has 0 aliphatic heterocycles. The summed E-state index contributed by atoms with van der Waals surface area (Å²) in [6.45, 7) is 0. The first-order valence-corrected chi connectivity index (χ1v) is 4.55. The Morgan fingerprint density at radius 1 is 1.42 bits per heavy atom. The third kappa shape index (κ3) is 4.30. The number of alkyl halides is 5. The van der Waals surface area contributed by atoms with Gasteiger partial charge in [0.05, 0.1) is 6.42 Å². The highest BCUT2D eigenvalue weighted by molar-refractivity contribution is 5.71. The van der Waals surface area contributed by atoms with Crippen molar-refractivity contribution in [3.05, 3.63) is 23.3 Å². The summed E-state index contributed by atoms with van der Waals surface area (Å²) >= 11 is 0. The van der Waals surface area contributed by atoms with Crippen LogP contribution in [0.1, 0.15) is 17.7 Å². The number of carboxylic acids is 1. The molecule has 0 fully saturated rings. The molecule has 0 amide bonds. The predicted octanol–water partition coefficient (Wildman–Crippen LogP) is 2.68. The quantitative estimate of drug-likeness (QED) is 0.684. The fourth-order valence-electron chi connectivity index (χ4n) is 1.26. The van der Waals surface area contributed by atoms with Gasteiger partial charge in [-0.25, -0.2) is 13.8 Å². The zero-order chi connectivity index (χ0) is 14.8. The fraction of sp³-hybridized carbons (Fsp3) is 0.333. The van der Waals surface area contributed by atoms with Crippen molar-refractivity contribution in [1.29, 1.82) is 0 Å². The molecule has 4 nitrogen and oxygen atoms in total. The van der Waals surface area contributed by atoms with Crippen LogP contribution < -0.4 is 4.74 Å². The van der Waals surface area contributed by atoms with E-state index in [4.69, 9.17) is 5.11 Å². The summed E-state index contributed by atoms with van der Waals surface area (Å²) < 4.78 is 77.3. The van der Waals surface area contributed by atoms with E-state index in [0.29, 0.717) is 0 Å². The molecule has 0 saturated carbocycles. The highest BCUT2D eigenvalue weighted by Crippen LogP contribution is 2.33. The minimum Gasteiger partial charge on any atom is -0.481 e. The van der Waals surface area contributed by atoms with Crippen molar-refractivity contribution in [3.8, 4) is 5.75 Å². The van der Waals surface area contributed by atoms with Gasteiger partial charge in [-0.05, 0) is 0 Å². The van der Waals surface area contributed by atoms with Crippen molar-refractivity contribution in [2.75, 3.05) is 0 Å². The maximum atomic E-state index is 12.8. The summed E-state index contributed by atoms with van der Waals surface area (Å²) in [6, 6.07) is 0.0949. The lowest BCUT2D eigenvalue weighted by atomic mass is 10.1. The molecule has 0 atom stereocenters. The van der Waals surface area contributed by atoms with Gasteiger partial charge in [0.15, 0.2) is 0 Å². The van der Waals surface area contributed by atoms with Crippen LogP contribution in [0.2, 0.25) is 0 Å². The summed E-state index contributed by atoms with van der Waals surface area (Å²) in [5, 5.41) is 8.46. The molecule has 0 aromatic carbocycles. The van der Waals surface area contributed by atoms with Gasteiger partial charge < -0.3 is 9.84 Å².